The van der Waals surface area contributed by atoms with Crippen LogP contribution in [0.25, 0.3) is 6.08 Å². The number of aliphatic hydroxyl groups is 1. The summed E-state index contributed by atoms with van der Waals surface area (Å²) in [6.45, 7) is 1.65. The van der Waals surface area contributed by atoms with E-state index < -0.39 is 24.0 Å². The number of fused-ring (bicyclic) bond motifs is 1. The zero-order chi connectivity index (χ0) is 17.7. The number of ether oxygens (including phenoxy) is 1. The molecule has 0 bridgehead atoms. The molecule has 0 saturated heterocycles. The van der Waals surface area contributed by atoms with Crippen LogP contribution >= 0.6 is 0 Å². The molecule has 0 aromatic heterocycles. The first-order valence-electron chi connectivity index (χ1n) is 7.70. The highest BCUT2D eigenvalue weighted by Crippen LogP contribution is 2.29. The highest BCUT2D eigenvalue weighted by Gasteiger charge is 2.20. The Bertz CT molecular complexity index is 691. The lowest BCUT2D eigenvalue weighted by molar-refractivity contribution is -0.122. The zero-order valence-corrected chi connectivity index (χ0v) is 13.8. The van der Waals surface area contributed by atoms with Gasteiger partial charge in [0.2, 0.25) is 0 Å². The van der Waals surface area contributed by atoms with E-state index in [1.807, 2.05) is 0 Å². The van der Waals surface area contributed by atoms with Crippen molar-refractivity contribution >= 4 is 17.8 Å². The van der Waals surface area contributed by atoms with Crippen LogP contribution in [0.15, 0.2) is 30.4 Å². The van der Waals surface area contributed by atoms with Crippen LogP contribution in [0.2, 0.25) is 0 Å². The Hall–Kier alpha value is -2.64. The fraction of sp³-hybridized carbons (Fsp3) is 0.333. The van der Waals surface area contributed by atoms with Gasteiger partial charge in [-0.1, -0.05) is 18.2 Å². The van der Waals surface area contributed by atoms with E-state index in [0.717, 1.165) is 6.07 Å². The topological polar surface area (TPSA) is 136 Å². The van der Waals surface area contributed by atoms with Crippen molar-refractivity contribution in [1.82, 2.24) is 0 Å². The fourth-order valence-electron chi connectivity index (χ4n) is 2.37. The Morgan fingerprint density at radius 3 is 2.56 bits per heavy atom. The van der Waals surface area contributed by atoms with Crippen LogP contribution in [0.3, 0.4) is 0 Å². The average Bonchev–Trinajstić information content (AvgIpc) is 2.49. The summed E-state index contributed by atoms with van der Waals surface area (Å²) in [6, 6.07) is 2.41. The van der Waals surface area contributed by atoms with Gasteiger partial charge in [-0.15, -0.1) is 0 Å². The van der Waals surface area contributed by atoms with Crippen molar-refractivity contribution in [2.45, 2.75) is 38.4 Å². The van der Waals surface area contributed by atoms with Crippen LogP contribution in [0.1, 0.15) is 42.1 Å². The highest BCUT2D eigenvalue weighted by molar-refractivity contribution is 5.97. The van der Waals surface area contributed by atoms with Gasteiger partial charge >= 0.3 is 5.97 Å². The lowest BCUT2D eigenvalue weighted by atomic mass is 10.0. The zero-order valence-electron chi connectivity index (χ0n) is 13.8. The van der Waals surface area contributed by atoms with Crippen molar-refractivity contribution in [2.24, 2.45) is 0 Å². The van der Waals surface area contributed by atoms with E-state index in [0.29, 0.717) is 18.4 Å². The van der Waals surface area contributed by atoms with Crippen molar-refractivity contribution in [2.75, 3.05) is 0 Å². The number of cyclic esters (lactones) is 1. The first-order chi connectivity index (χ1) is 11.4. The number of aromatic hydroxyl groups is 2. The molecule has 0 radical (unpaired) electrons. The molecule has 7 heteroatoms. The Balaban J connectivity index is 0.00000312. The fourth-order valence-corrected chi connectivity index (χ4v) is 2.37. The maximum absolute atomic E-state index is 12.3. The largest absolute Gasteiger partial charge is 0.508 e. The minimum Gasteiger partial charge on any atom is -0.508 e. The Labute approximate surface area is 145 Å². The quantitative estimate of drug-likeness (QED) is 0.607. The molecule has 5 N–H and O–H groups in total. The van der Waals surface area contributed by atoms with E-state index in [1.165, 1.54) is 12.1 Å². The number of carbonyl (C=O) groups excluding carboxylic acids is 2. The lowest BCUT2D eigenvalue weighted by Gasteiger charge is -2.14. The number of phenolic OH excluding ortho intramolecular Hbond substituents is 2. The molecule has 0 amide bonds. The number of benzene rings is 1. The smallest absolute Gasteiger partial charge is 0.342 e. The van der Waals surface area contributed by atoms with Gasteiger partial charge in [-0.25, -0.2) is 4.79 Å². The number of phenols is 2. The average molecular weight is 350 g/mol. The summed E-state index contributed by atoms with van der Waals surface area (Å²) in [5, 5.41) is 29.4. The molecule has 0 aliphatic carbocycles. The van der Waals surface area contributed by atoms with Crippen molar-refractivity contribution in [3.63, 3.8) is 0 Å². The summed E-state index contributed by atoms with van der Waals surface area (Å²) in [4.78, 5) is 24.0. The molecular formula is C18H22O7. The summed E-state index contributed by atoms with van der Waals surface area (Å²) in [7, 11) is 0. The molecule has 1 heterocycles. The number of ketones is 1. The maximum Gasteiger partial charge on any atom is 0.342 e. The molecule has 7 nitrogen and oxygen atoms in total. The molecule has 0 fully saturated rings. The number of esters is 1. The standard InChI is InChI=1S/C18H20O6.H2O/c1-11-5-4-8-15(21)14(20)7-3-2-6-12-9-13(19)10-16(22)17(12)18(23)24-11;/h2,4,6,8-11,14,19-20,22H,3,5,7H2,1H3;1H2/b6-2+,8-4-;/t11-,14-;/m0./s1. The van der Waals surface area contributed by atoms with Gasteiger partial charge in [-0.3, -0.25) is 4.79 Å². The van der Waals surface area contributed by atoms with Crippen LogP contribution in [0, 0.1) is 0 Å². The van der Waals surface area contributed by atoms with Gasteiger partial charge < -0.3 is 25.5 Å². The Morgan fingerprint density at radius 2 is 1.84 bits per heavy atom. The Kier molecular flexibility index (Phi) is 7.35. The molecule has 1 aliphatic heterocycles. The molecule has 1 aromatic rings. The summed E-state index contributed by atoms with van der Waals surface area (Å²) in [5.41, 5.74) is 0.270. The van der Waals surface area contributed by atoms with Gasteiger partial charge in [0.25, 0.3) is 0 Å². The third-order valence-corrected chi connectivity index (χ3v) is 3.63. The number of hydrogen-bond acceptors (Lipinski definition) is 6. The molecular weight excluding hydrogens is 328 g/mol. The molecule has 1 aromatic carbocycles. The number of allylic oxidation sites excluding steroid dienone is 1. The molecule has 0 saturated carbocycles. The van der Waals surface area contributed by atoms with Crippen LogP contribution in [-0.2, 0) is 9.53 Å². The number of rotatable bonds is 0. The normalized spacial score (nSPS) is 24.2. The van der Waals surface area contributed by atoms with E-state index in [2.05, 4.69) is 0 Å². The number of hydrogen-bond donors (Lipinski definition) is 3. The van der Waals surface area contributed by atoms with Crippen LogP contribution < -0.4 is 0 Å². The first kappa shape index (κ1) is 20.4. The van der Waals surface area contributed by atoms with E-state index in [1.54, 1.807) is 25.2 Å². The van der Waals surface area contributed by atoms with Gasteiger partial charge in [0, 0.05) is 12.5 Å². The summed E-state index contributed by atoms with van der Waals surface area (Å²) in [6.07, 6.45) is 5.34. The van der Waals surface area contributed by atoms with Crippen LogP contribution in [0.4, 0.5) is 0 Å². The predicted octanol–water partition coefficient (Wildman–Crippen LogP) is 1.50. The van der Waals surface area contributed by atoms with E-state index >= 15 is 0 Å². The number of carbonyl (C=O) groups is 2. The summed E-state index contributed by atoms with van der Waals surface area (Å²) < 4.78 is 5.26. The monoisotopic (exact) mass is 350 g/mol. The molecule has 2 atom stereocenters. The van der Waals surface area contributed by atoms with Gasteiger partial charge in [-0.05, 0) is 37.5 Å². The van der Waals surface area contributed by atoms with Gasteiger partial charge in [0.05, 0.1) is 0 Å². The second-order valence-corrected chi connectivity index (χ2v) is 5.68. The highest BCUT2D eigenvalue weighted by atomic mass is 16.5. The van der Waals surface area contributed by atoms with E-state index in [4.69, 9.17) is 4.74 Å². The molecule has 1 aliphatic rings. The third-order valence-electron chi connectivity index (χ3n) is 3.63. The van der Waals surface area contributed by atoms with Crippen LogP contribution in [0.5, 0.6) is 11.5 Å². The predicted molar refractivity (Wildman–Crippen MR) is 91.3 cm³/mol. The van der Waals surface area contributed by atoms with Gasteiger partial charge in [0.15, 0.2) is 5.78 Å². The second-order valence-electron chi connectivity index (χ2n) is 5.68. The van der Waals surface area contributed by atoms with Crippen molar-refractivity contribution in [1.29, 1.82) is 0 Å². The molecule has 0 spiro atoms. The van der Waals surface area contributed by atoms with E-state index in [-0.39, 0.29) is 29.0 Å². The second kappa shape index (κ2) is 9.00. The third kappa shape index (κ3) is 5.44. The van der Waals surface area contributed by atoms with E-state index in [9.17, 15) is 24.9 Å². The molecule has 136 valence electrons. The first-order valence-corrected chi connectivity index (χ1v) is 7.70. The molecule has 0 unspecified atom stereocenters. The SMILES string of the molecule is C[C@H]1C/C=C\C(=O)[C@@H](O)CC/C=C/c2cc(O)cc(O)c2C(=O)O1.O. The molecule has 25 heavy (non-hydrogen) atoms. The van der Waals surface area contributed by atoms with Gasteiger partial charge in [-0.2, -0.15) is 0 Å². The minimum absolute atomic E-state index is 0. The minimum atomic E-state index is -1.09. The van der Waals surface area contributed by atoms with Crippen molar-refractivity contribution < 1.29 is 35.1 Å². The maximum atomic E-state index is 12.3. The Morgan fingerprint density at radius 1 is 1.12 bits per heavy atom. The summed E-state index contributed by atoms with van der Waals surface area (Å²) in [5.74, 6) is -1.66. The summed E-state index contributed by atoms with van der Waals surface area (Å²) >= 11 is 0. The van der Waals surface area contributed by atoms with Gasteiger partial charge in [0.1, 0.15) is 29.3 Å². The number of aliphatic hydroxyl groups excluding tert-OH is 1. The lowest BCUT2D eigenvalue weighted by Crippen LogP contribution is -2.18. The van der Waals surface area contributed by atoms with Crippen molar-refractivity contribution in [3.05, 3.63) is 41.5 Å². The van der Waals surface area contributed by atoms with Crippen molar-refractivity contribution in [3.8, 4) is 11.5 Å². The van der Waals surface area contributed by atoms with Crippen LogP contribution in [-0.4, -0.2) is 44.8 Å². The molecule has 2 rings (SSSR count).